The fourth-order valence-electron chi connectivity index (χ4n) is 2.70. The van der Waals surface area contributed by atoms with Crippen LogP contribution in [0.3, 0.4) is 0 Å². The second-order valence-corrected chi connectivity index (χ2v) is 6.02. The highest BCUT2D eigenvalue weighted by Gasteiger charge is 2.24. The van der Waals surface area contributed by atoms with Gasteiger partial charge in [0.05, 0.1) is 11.8 Å². The van der Waals surface area contributed by atoms with Gasteiger partial charge in [-0.3, -0.25) is 0 Å². The molecular weight excluding hydrogens is 289 g/mol. The van der Waals surface area contributed by atoms with Gasteiger partial charge >= 0.3 is 0 Å². The maximum absolute atomic E-state index is 14.2. The Bertz CT molecular complexity index is 595. The molecule has 2 aromatic rings. The van der Waals surface area contributed by atoms with E-state index in [4.69, 9.17) is 0 Å². The minimum absolute atomic E-state index is 0.268. The van der Waals surface area contributed by atoms with E-state index in [1.165, 1.54) is 6.07 Å². The van der Waals surface area contributed by atoms with Crippen molar-refractivity contribution in [2.24, 2.45) is 0 Å². The lowest BCUT2D eigenvalue weighted by Crippen LogP contribution is -2.47. The fourth-order valence-corrected chi connectivity index (χ4v) is 3.39. The van der Waals surface area contributed by atoms with Gasteiger partial charge in [0.1, 0.15) is 5.82 Å². The number of hydrogen-bond acceptors (Lipinski definition) is 5. The number of aromatic nitrogens is 1. The molecule has 0 radical (unpaired) electrons. The molecule has 1 fully saturated rings. The lowest BCUT2D eigenvalue weighted by molar-refractivity contribution is 0.199. The van der Waals surface area contributed by atoms with E-state index < -0.39 is 6.10 Å². The first-order chi connectivity index (χ1) is 10.2. The van der Waals surface area contributed by atoms with Crippen molar-refractivity contribution in [2.75, 3.05) is 36.0 Å². The van der Waals surface area contributed by atoms with Crippen molar-refractivity contribution >= 4 is 22.2 Å². The Morgan fingerprint density at radius 3 is 2.57 bits per heavy atom. The topological polar surface area (TPSA) is 39.6 Å². The first-order valence-electron chi connectivity index (χ1n) is 7.02. The van der Waals surface area contributed by atoms with Crippen LogP contribution in [0.1, 0.15) is 18.6 Å². The lowest BCUT2D eigenvalue weighted by Gasteiger charge is -2.37. The summed E-state index contributed by atoms with van der Waals surface area (Å²) in [5.74, 6) is -0.268. The number of nitrogens with zero attached hydrogens (tertiary/aromatic N) is 3. The predicted octanol–water partition coefficient (Wildman–Crippen LogP) is 2.66. The van der Waals surface area contributed by atoms with Crippen LogP contribution in [0, 0.1) is 5.82 Å². The van der Waals surface area contributed by atoms with E-state index in [1.807, 2.05) is 10.3 Å². The molecule has 1 aromatic carbocycles. The van der Waals surface area contributed by atoms with E-state index in [0.29, 0.717) is 11.3 Å². The van der Waals surface area contributed by atoms with Gasteiger partial charge in [-0.25, -0.2) is 9.37 Å². The Morgan fingerprint density at radius 2 is 1.95 bits per heavy atom. The third-order valence-corrected chi connectivity index (χ3v) is 4.59. The van der Waals surface area contributed by atoms with Crippen molar-refractivity contribution in [3.8, 4) is 0 Å². The van der Waals surface area contributed by atoms with Crippen molar-refractivity contribution in [2.45, 2.75) is 13.0 Å². The number of thiazole rings is 1. The molecule has 0 spiro atoms. The molecule has 0 unspecified atom stereocenters. The van der Waals surface area contributed by atoms with Crippen molar-refractivity contribution in [1.82, 2.24) is 4.98 Å². The van der Waals surface area contributed by atoms with Crippen molar-refractivity contribution in [3.05, 3.63) is 41.2 Å². The van der Waals surface area contributed by atoms with E-state index in [1.54, 1.807) is 36.6 Å². The predicted molar refractivity (Wildman–Crippen MR) is 83.6 cm³/mol. The van der Waals surface area contributed by atoms with Gasteiger partial charge in [-0.1, -0.05) is 12.1 Å². The number of aliphatic hydroxyl groups is 1. The van der Waals surface area contributed by atoms with Crippen molar-refractivity contribution in [3.63, 3.8) is 0 Å². The molecule has 0 aliphatic carbocycles. The Hall–Kier alpha value is -1.66. The van der Waals surface area contributed by atoms with Gasteiger partial charge in [0, 0.05) is 43.3 Å². The molecule has 0 bridgehead atoms. The van der Waals surface area contributed by atoms with E-state index in [0.717, 1.165) is 31.3 Å². The molecule has 0 saturated carbocycles. The first-order valence-corrected chi connectivity index (χ1v) is 7.90. The minimum Gasteiger partial charge on any atom is -0.389 e. The largest absolute Gasteiger partial charge is 0.389 e. The summed E-state index contributed by atoms with van der Waals surface area (Å²) in [5, 5.41) is 12.8. The van der Waals surface area contributed by atoms with Crippen LogP contribution >= 0.6 is 11.3 Å². The maximum Gasteiger partial charge on any atom is 0.185 e. The average molecular weight is 307 g/mol. The third-order valence-electron chi connectivity index (χ3n) is 3.75. The van der Waals surface area contributed by atoms with Crippen LogP contribution in [0.4, 0.5) is 15.2 Å². The normalized spacial score (nSPS) is 17.1. The van der Waals surface area contributed by atoms with Crippen LogP contribution in [0.5, 0.6) is 0 Å². The van der Waals surface area contributed by atoms with Gasteiger partial charge in [0.25, 0.3) is 0 Å². The minimum atomic E-state index is -0.673. The maximum atomic E-state index is 14.2. The molecule has 0 amide bonds. The van der Waals surface area contributed by atoms with Gasteiger partial charge in [0.15, 0.2) is 5.13 Å². The molecule has 112 valence electrons. The zero-order valence-corrected chi connectivity index (χ0v) is 12.7. The summed E-state index contributed by atoms with van der Waals surface area (Å²) in [6.45, 7) is 4.73. The molecule has 4 nitrogen and oxygen atoms in total. The van der Waals surface area contributed by atoms with Gasteiger partial charge in [-0.05, 0) is 13.0 Å². The van der Waals surface area contributed by atoms with E-state index >= 15 is 0 Å². The molecule has 6 heteroatoms. The van der Waals surface area contributed by atoms with E-state index in [2.05, 4.69) is 9.88 Å². The standard InChI is InChI=1S/C15H18FN3OS/c1-11(20)12-3-2-4-13(16)14(12)18-6-8-19(9-7-18)15-17-5-10-21-15/h2-5,10-11,20H,6-9H2,1H3/t11-/m0/s1. The highest BCUT2D eigenvalue weighted by Crippen LogP contribution is 2.31. The number of aliphatic hydroxyl groups excluding tert-OH is 1. The Labute approximate surface area is 127 Å². The summed E-state index contributed by atoms with van der Waals surface area (Å²) < 4.78 is 14.2. The summed E-state index contributed by atoms with van der Waals surface area (Å²) in [6, 6.07) is 4.89. The number of benzene rings is 1. The molecule has 1 aliphatic heterocycles. The highest BCUT2D eigenvalue weighted by atomic mass is 32.1. The number of rotatable bonds is 3. The number of piperazine rings is 1. The van der Waals surface area contributed by atoms with Crippen LogP contribution < -0.4 is 9.80 Å². The third kappa shape index (κ3) is 2.87. The lowest BCUT2D eigenvalue weighted by atomic mass is 10.1. The second kappa shape index (κ2) is 5.99. The van der Waals surface area contributed by atoms with E-state index in [-0.39, 0.29) is 5.82 Å². The molecule has 1 N–H and O–H groups in total. The molecule has 1 atom stereocenters. The fraction of sp³-hybridized carbons (Fsp3) is 0.400. The summed E-state index contributed by atoms with van der Waals surface area (Å²) in [7, 11) is 0. The van der Waals surface area contributed by atoms with Crippen molar-refractivity contribution < 1.29 is 9.50 Å². The SMILES string of the molecule is C[C@H](O)c1cccc(F)c1N1CCN(c2nccs2)CC1. The quantitative estimate of drug-likeness (QED) is 0.946. The van der Waals surface area contributed by atoms with Crippen LogP contribution in [-0.2, 0) is 0 Å². The zero-order valence-electron chi connectivity index (χ0n) is 11.9. The molecule has 21 heavy (non-hydrogen) atoms. The number of para-hydroxylation sites is 1. The summed E-state index contributed by atoms with van der Waals surface area (Å²) >= 11 is 1.62. The Balaban J connectivity index is 1.78. The van der Waals surface area contributed by atoms with Crippen molar-refractivity contribution in [1.29, 1.82) is 0 Å². The molecular formula is C15H18FN3OS. The zero-order chi connectivity index (χ0) is 14.8. The van der Waals surface area contributed by atoms with Gasteiger partial charge in [-0.15, -0.1) is 11.3 Å². The highest BCUT2D eigenvalue weighted by molar-refractivity contribution is 7.13. The van der Waals surface area contributed by atoms with E-state index in [9.17, 15) is 9.50 Å². The Morgan fingerprint density at radius 1 is 1.24 bits per heavy atom. The monoisotopic (exact) mass is 307 g/mol. The summed E-state index contributed by atoms with van der Waals surface area (Å²) in [5.41, 5.74) is 1.18. The van der Waals surface area contributed by atoms with Crippen LogP contribution in [0.2, 0.25) is 0 Å². The van der Waals surface area contributed by atoms with Gasteiger partial charge < -0.3 is 14.9 Å². The van der Waals surface area contributed by atoms with Gasteiger partial charge in [-0.2, -0.15) is 0 Å². The smallest absolute Gasteiger partial charge is 0.185 e. The van der Waals surface area contributed by atoms with Crippen LogP contribution in [0.25, 0.3) is 0 Å². The van der Waals surface area contributed by atoms with Crippen LogP contribution in [-0.4, -0.2) is 36.3 Å². The average Bonchev–Trinajstić information content (AvgIpc) is 3.01. The number of halogens is 1. The first kappa shape index (κ1) is 14.3. The Kier molecular flexibility index (Phi) is 4.07. The molecule has 1 aromatic heterocycles. The van der Waals surface area contributed by atoms with Crippen LogP contribution in [0.15, 0.2) is 29.8 Å². The summed E-state index contributed by atoms with van der Waals surface area (Å²) in [6.07, 6.45) is 1.13. The number of hydrogen-bond donors (Lipinski definition) is 1. The molecule has 1 aliphatic rings. The summed E-state index contributed by atoms with van der Waals surface area (Å²) in [4.78, 5) is 8.54. The number of anilines is 2. The molecule has 1 saturated heterocycles. The molecule has 3 rings (SSSR count). The second-order valence-electron chi connectivity index (χ2n) is 5.14. The molecule has 2 heterocycles. The van der Waals surface area contributed by atoms with Gasteiger partial charge in [0.2, 0.25) is 0 Å².